The highest BCUT2D eigenvalue weighted by Crippen LogP contribution is 2.42. The van der Waals surface area contributed by atoms with Gasteiger partial charge in [-0.2, -0.15) is 5.26 Å². The van der Waals surface area contributed by atoms with Crippen molar-refractivity contribution in [1.29, 1.82) is 5.26 Å². The van der Waals surface area contributed by atoms with Crippen molar-refractivity contribution in [2.75, 3.05) is 12.0 Å². The highest BCUT2D eigenvalue weighted by molar-refractivity contribution is 5.81. The number of hydrogen-bond donors (Lipinski definition) is 1. The lowest BCUT2D eigenvalue weighted by Gasteiger charge is -2.41. The highest BCUT2D eigenvalue weighted by atomic mass is 16.6. The average Bonchev–Trinajstić information content (AvgIpc) is 2.93. The monoisotopic (exact) mass is 400 g/mol. The number of piperidine rings is 1. The molecule has 2 bridgehead atoms. The first kappa shape index (κ1) is 20.9. The van der Waals surface area contributed by atoms with Gasteiger partial charge in [-0.3, -0.25) is 0 Å². The van der Waals surface area contributed by atoms with E-state index in [1.165, 1.54) is 7.11 Å². The molecule has 0 saturated carbocycles. The van der Waals surface area contributed by atoms with Crippen LogP contribution in [0.4, 0.5) is 10.6 Å². The van der Waals surface area contributed by atoms with E-state index in [2.05, 4.69) is 21.3 Å². The summed E-state index contributed by atoms with van der Waals surface area (Å²) in [7, 11) is 1.33. The number of hydrogen-bond acceptors (Lipinski definition) is 7. The van der Waals surface area contributed by atoms with Gasteiger partial charge in [0.1, 0.15) is 23.5 Å². The molecule has 8 nitrogen and oxygen atoms in total. The van der Waals surface area contributed by atoms with Crippen LogP contribution in [0, 0.1) is 17.2 Å². The summed E-state index contributed by atoms with van der Waals surface area (Å²) in [6.45, 7) is 5.34. The van der Waals surface area contributed by atoms with E-state index < -0.39 is 23.7 Å². The maximum Gasteiger partial charge on any atom is 0.408 e. The Kier molecular flexibility index (Phi) is 5.96. The van der Waals surface area contributed by atoms with E-state index in [0.717, 1.165) is 31.5 Å². The summed E-state index contributed by atoms with van der Waals surface area (Å²) in [5, 5.41) is 11.7. The molecule has 1 aromatic heterocycles. The van der Waals surface area contributed by atoms with Crippen molar-refractivity contribution < 1.29 is 19.1 Å². The van der Waals surface area contributed by atoms with E-state index >= 15 is 0 Å². The van der Waals surface area contributed by atoms with Crippen LogP contribution in [-0.2, 0) is 14.3 Å². The van der Waals surface area contributed by atoms with Crippen molar-refractivity contribution in [3.05, 3.63) is 23.9 Å². The number of amides is 1. The number of rotatable bonds is 4. The van der Waals surface area contributed by atoms with Crippen molar-refractivity contribution in [3.63, 3.8) is 0 Å². The number of carbonyl (C=O) groups is 2. The summed E-state index contributed by atoms with van der Waals surface area (Å²) < 4.78 is 10.3. The maximum absolute atomic E-state index is 12.4. The first-order chi connectivity index (χ1) is 13.7. The summed E-state index contributed by atoms with van der Waals surface area (Å²) in [5.74, 6) is 0.358. The van der Waals surface area contributed by atoms with Gasteiger partial charge in [0, 0.05) is 18.3 Å². The lowest BCUT2D eigenvalue weighted by molar-refractivity contribution is -0.145. The van der Waals surface area contributed by atoms with Gasteiger partial charge in [-0.1, -0.05) is 0 Å². The van der Waals surface area contributed by atoms with Crippen molar-refractivity contribution in [2.45, 2.75) is 70.2 Å². The molecule has 2 aliphatic rings. The molecule has 0 aromatic carbocycles. The number of methoxy groups -OCH3 is 1. The minimum atomic E-state index is -0.742. The van der Waals surface area contributed by atoms with E-state index in [0.29, 0.717) is 5.56 Å². The Labute approximate surface area is 171 Å². The molecule has 3 rings (SSSR count). The SMILES string of the molecule is COC(=O)[C@@H](NC(=O)OC(C)(C)C)C1CC2CCC(C1)N2c1ccc(C#N)cn1. The number of nitrogens with zero attached hydrogens (tertiary/aromatic N) is 3. The average molecular weight is 400 g/mol. The van der Waals surface area contributed by atoms with Crippen LogP contribution in [0.2, 0.25) is 0 Å². The topological polar surface area (TPSA) is 105 Å². The van der Waals surface area contributed by atoms with Crippen LogP contribution >= 0.6 is 0 Å². The molecule has 0 aliphatic carbocycles. The fourth-order valence-electron chi connectivity index (χ4n) is 4.40. The molecule has 0 spiro atoms. The molecular formula is C21H28N4O4. The van der Waals surface area contributed by atoms with Crippen LogP contribution in [0.1, 0.15) is 52.0 Å². The number of carbonyl (C=O) groups excluding carboxylic acids is 2. The summed E-state index contributed by atoms with van der Waals surface area (Å²) in [4.78, 5) is 31.4. The van der Waals surface area contributed by atoms with Crippen molar-refractivity contribution in [3.8, 4) is 6.07 Å². The molecule has 2 unspecified atom stereocenters. The number of pyridine rings is 1. The number of alkyl carbamates (subject to hydrolysis) is 1. The molecule has 1 amide bonds. The van der Waals surface area contributed by atoms with Crippen LogP contribution in [-0.4, -0.2) is 47.9 Å². The number of ether oxygens (including phenoxy) is 2. The van der Waals surface area contributed by atoms with Crippen LogP contribution in [0.15, 0.2) is 18.3 Å². The third kappa shape index (κ3) is 4.78. The fraction of sp³-hybridized carbons (Fsp3) is 0.619. The highest BCUT2D eigenvalue weighted by Gasteiger charge is 2.46. The lowest BCUT2D eigenvalue weighted by atomic mass is 9.84. The van der Waals surface area contributed by atoms with Gasteiger partial charge in [-0.25, -0.2) is 14.6 Å². The molecule has 2 fully saturated rings. The van der Waals surface area contributed by atoms with Crippen LogP contribution in [0.3, 0.4) is 0 Å². The van der Waals surface area contributed by atoms with Crippen LogP contribution < -0.4 is 10.2 Å². The first-order valence-electron chi connectivity index (χ1n) is 9.93. The Morgan fingerprint density at radius 3 is 2.41 bits per heavy atom. The standard InChI is InChI=1S/C21H28N4O4/c1-21(2,3)29-20(27)24-18(19(26)28-4)14-9-15-6-7-16(10-14)25(15)17-8-5-13(11-22)12-23-17/h5,8,12,14-16,18H,6-7,9-10H2,1-4H3,(H,24,27)/t14?,15?,16?,18-/m0/s1. The third-order valence-corrected chi connectivity index (χ3v) is 5.51. The largest absolute Gasteiger partial charge is 0.467 e. The number of aromatic nitrogens is 1. The molecule has 1 aromatic rings. The summed E-state index contributed by atoms with van der Waals surface area (Å²) in [6.07, 6.45) is 4.46. The quantitative estimate of drug-likeness (QED) is 0.775. The molecule has 0 radical (unpaired) electrons. The minimum Gasteiger partial charge on any atom is -0.467 e. The Balaban J connectivity index is 1.73. The zero-order chi connectivity index (χ0) is 21.2. The summed E-state index contributed by atoms with van der Waals surface area (Å²) in [5.41, 5.74) is -0.114. The van der Waals surface area contributed by atoms with E-state index in [1.807, 2.05) is 6.07 Å². The van der Waals surface area contributed by atoms with Gasteiger partial charge >= 0.3 is 12.1 Å². The molecule has 1 N–H and O–H groups in total. The van der Waals surface area contributed by atoms with Crippen molar-refractivity contribution >= 4 is 17.9 Å². The molecule has 2 aliphatic heterocycles. The van der Waals surface area contributed by atoms with Crippen molar-refractivity contribution in [1.82, 2.24) is 10.3 Å². The summed E-state index contributed by atoms with van der Waals surface area (Å²) in [6, 6.07) is 5.45. The molecule has 29 heavy (non-hydrogen) atoms. The van der Waals surface area contributed by atoms with Gasteiger partial charge in [-0.05, 0) is 64.5 Å². The second kappa shape index (κ2) is 8.27. The van der Waals surface area contributed by atoms with Crippen LogP contribution in [0.25, 0.3) is 0 Å². The maximum atomic E-state index is 12.4. The Morgan fingerprint density at radius 2 is 1.93 bits per heavy atom. The van der Waals surface area contributed by atoms with Crippen LogP contribution in [0.5, 0.6) is 0 Å². The fourth-order valence-corrected chi connectivity index (χ4v) is 4.40. The van der Waals surface area contributed by atoms with Gasteiger partial charge in [0.25, 0.3) is 0 Å². The zero-order valence-electron chi connectivity index (χ0n) is 17.3. The second-order valence-electron chi connectivity index (χ2n) is 8.69. The molecule has 3 heterocycles. The van der Waals surface area contributed by atoms with Gasteiger partial charge in [0.15, 0.2) is 0 Å². The van der Waals surface area contributed by atoms with Gasteiger partial charge in [-0.15, -0.1) is 0 Å². The molecule has 8 heteroatoms. The van der Waals surface area contributed by atoms with Gasteiger partial charge in [0.05, 0.1) is 12.7 Å². The van der Waals surface area contributed by atoms with E-state index in [9.17, 15) is 9.59 Å². The van der Waals surface area contributed by atoms with Gasteiger partial charge in [0.2, 0.25) is 0 Å². The van der Waals surface area contributed by atoms with E-state index in [4.69, 9.17) is 14.7 Å². The first-order valence-corrected chi connectivity index (χ1v) is 9.93. The third-order valence-electron chi connectivity index (χ3n) is 5.51. The Hall–Kier alpha value is -2.82. The van der Waals surface area contributed by atoms with E-state index in [1.54, 1.807) is 33.0 Å². The number of esters is 1. The predicted molar refractivity (Wildman–Crippen MR) is 106 cm³/mol. The number of fused-ring (bicyclic) bond motifs is 2. The smallest absolute Gasteiger partial charge is 0.408 e. The molecule has 3 atom stereocenters. The Morgan fingerprint density at radius 1 is 1.28 bits per heavy atom. The molecule has 156 valence electrons. The van der Waals surface area contributed by atoms with E-state index in [-0.39, 0.29) is 18.0 Å². The predicted octanol–water partition coefficient (Wildman–Crippen LogP) is 2.77. The molecule has 2 saturated heterocycles. The number of anilines is 1. The second-order valence-corrected chi connectivity index (χ2v) is 8.69. The minimum absolute atomic E-state index is 0.0397. The van der Waals surface area contributed by atoms with Crippen molar-refractivity contribution in [2.24, 2.45) is 5.92 Å². The van der Waals surface area contributed by atoms with Gasteiger partial charge < -0.3 is 19.7 Å². The number of nitrogens with one attached hydrogen (secondary N) is 1. The Bertz CT molecular complexity index is 782. The lowest BCUT2D eigenvalue weighted by Crippen LogP contribution is -2.53. The normalized spacial score (nSPS) is 24.4. The number of nitriles is 1. The zero-order valence-corrected chi connectivity index (χ0v) is 17.3. The molecular weight excluding hydrogens is 372 g/mol. The summed E-state index contributed by atoms with van der Waals surface area (Å²) >= 11 is 0.